The third-order valence-corrected chi connectivity index (χ3v) is 0. The van der Waals surface area contributed by atoms with Crippen LogP contribution in [0.15, 0.2) is 0 Å². The summed E-state index contributed by atoms with van der Waals surface area (Å²) >= 11 is 1.85. The zero-order valence-electron chi connectivity index (χ0n) is 1.98. The predicted molar refractivity (Wildman–Crippen MR) is 11.0 cm³/mol. The van der Waals surface area contributed by atoms with E-state index in [1.54, 1.807) is 0 Å². The summed E-state index contributed by atoms with van der Waals surface area (Å²) in [6, 6.07) is 0. The molecule has 0 saturated carbocycles. The van der Waals surface area contributed by atoms with E-state index in [0.29, 0.717) is 0 Å². The fourth-order valence-electron chi connectivity index (χ4n) is 0. The van der Waals surface area contributed by atoms with Crippen LogP contribution in [-0.4, -0.2) is 0 Å². The van der Waals surface area contributed by atoms with Crippen molar-refractivity contribution < 1.29 is 22.3 Å². The average molecular weight is 183 g/mol. The van der Waals surface area contributed by atoms with Crippen molar-refractivity contribution in [3.63, 3.8) is 0 Å². The molecule has 0 rings (SSSR count). The van der Waals surface area contributed by atoms with E-state index in [1.165, 1.54) is 0 Å². The second kappa shape index (κ2) is 1.24. The van der Waals surface area contributed by atoms with Crippen LogP contribution in [0, 0.1) is 0 Å². The van der Waals surface area contributed by atoms with Crippen LogP contribution in [0.25, 0.3) is 0 Å². The summed E-state index contributed by atoms with van der Waals surface area (Å²) in [4.78, 5) is 0. The summed E-state index contributed by atoms with van der Waals surface area (Å²) in [7, 11) is -4.56. The first kappa shape index (κ1) is 5.40. The van der Waals surface area contributed by atoms with Crippen LogP contribution < -0.4 is 0 Å². The molecule has 0 aromatic rings. The van der Waals surface area contributed by atoms with Crippen LogP contribution >= 0.6 is 14.1 Å². The molecule has 0 aliphatic rings. The van der Waals surface area contributed by atoms with E-state index in [1.807, 2.05) is 14.1 Å². The molecule has 0 radical (unpaired) electrons. The molecule has 0 unspecified atom stereocenters. The van der Waals surface area contributed by atoms with Crippen LogP contribution in [0.3, 0.4) is 0 Å². The standard InChI is InChI=1S/BrH.Mn.3O/h1H;;;;/q;+1;;;/p-1. The van der Waals surface area contributed by atoms with Crippen molar-refractivity contribution in [2.75, 3.05) is 0 Å². The van der Waals surface area contributed by atoms with Gasteiger partial charge in [-0.15, -0.1) is 0 Å². The maximum absolute atomic E-state index is 9.05. The Hall–Kier alpha value is 0.399. The number of hydrogen-bond acceptors (Lipinski definition) is 3. The van der Waals surface area contributed by atoms with Crippen LogP contribution in [0.1, 0.15) is 0 Å². The Labute approximate surface area is 36.9 Å². The minimum absolute atomic E-state index is 1.85. The Morgan fingerprint density at radius 2 is 1.20 bits per heavy atom. The molecule has 0 fully saturated rings. The molecule has 0 heterocycles. The third kappa shape index (κ3) is 159. The number of rotatable bonds is 0. The third-order valence-electron chi connectivity index (χ3n) is 0. The van der Waals surface area contributed by atoms with E-state index in [9.17, 15) is 0 Å². The summed E-state index contributed by atoms with van der Waals surface area (Å²) in [5.74, 6) is 0. The van der Waals surface area contributed by atoms with Gasteiger partial charge < -0.3 is 0 Å². The summed E-state index contributed by atoms with van der Waals surface area (Å²) in [6.45, 7) is 0. The van der Waals surface area contributed by atoms with Crippen molar-refractivity contribution in [2.45, 2.75) is 0 Å². The first-order chi connectivity index (χ1) is 2.00. The summed E-state index contributed by atoms with van der Waals surface area (Å²) in [6.07, 6.45) is 0. The van der Waals surface area contributed by atoms with E-state index >= 15 is 0 Å². The fourth-order valence-corrected chi connectivity index (χ4v) is 0. The van der Waals surface area contributed by atoms with Crippen molar-refractivity contribution in [1.82, 2.24) is 0 Å². The van der Waals surface area contributed by atoms with E-state index in [4.69, 9.17) is 11.5 Å². The second-order valence-electron chi connectivity index (χ2n) is 0.364. The first-order valence-corrected chi connectivity index (χ1v) is 4.97. The van der Waals surface area contributed by atoms with Gasteiger partial charge in [-0.2, -0.15) is 0 Å². The van der Waals surface area contributed by atoms with Crippen molar-refractivity contribution in [1.29, 1.82) is 0 Å². The van der Waals surface area contributed by atoms with Crippen molar-refractivity contribution in [3.8, 4) is 0 Å². The summed E-state index contributed by atoms with van der Waals surface area (Å²) in [5, 5.41) is 0. The normalized spacial score (nSPS) is 11.4. The molecule has 0 N–H and O–H groups in total. The van der Waals surface area contributed by atoms with Gasteiger partial charge in [-0.05, 0) is 0 Å². The molecule has 5 heteroatoms. The van der Waals surface area contributed by atoms with Gasteiger partial charge >= 0.3 is 36.4 Å². The zero-order chi connectivity index (χ0) is 4.50. The molecule has 32 valence electrons. The SMILES string of the molecule is [O]=[Mn](=[O])(=[O])[Br]. The predicted octanol–water partition coefficient (Wildman–Crippen LogP) is 0.487. The van der Waals surface area contributed by atoms with Gasteiger partial charge in [-0.1, -0.05) is 0 Å². The first-order valence-electron chi connectivity index (χ1n) is 0.606. The van der Waals surface area contributed by atoms with Gasteiger partial charge in [0.25, 0.3) is 0 Å². The van der Waals surface area contributed by atoms with E-state index in [-0.39, 0.29) is 0 Å². The molecule has 0 bridgehead atoms. The van der Waals surface area contributed by atoms with Crippen molar-refractivity contribution >= 4 is 14.1 Å². The molecular weight excluding hydrogens is 183 g/mol. The van der Waals surface area contributed by atoms with Gasteiger partial charge in [-0.3, -0.25) is 0 Å². The van der Waals surface area contributed by atoms with E-state index in [2.05, 4.69) is 0 Å². The van der Waals surface area contributed by atoms with Gasteiger partial charge in [0, 0.05) is 0 Å². The molecule has 0 aliphatic carbocycles. The summed E-state index contributed by atoms with van der Waals surface area (Å²) in [5.41, 5.74) is 0. The van der Waals surface area contributed by atoms with Gasteiger partial charge in [-0.25, -0.2) is 0 Å². The second-order valence-corrected chi connectivity index (χ2v) is 4.53. The van der Waals surface area contributed by atoms with Gasteiger partial charge in [0.1, 0.15) is 0 Å². The average Bonchev–Trinajstić information content (AvgIpc) is 0.722. The van der Waals surface area contributed by atoms with Crippen LogP contribution in [0.2, 0.25) is 0 Å². The number of halogens is 1. The molecule has 3 nitrogen and oxygen atoms in total. The molecule has 0 aromatic carbocycles. The molecule has 5 heavy (non-hydrogen) atoms. The number of hydrogen-bond donors (Lipinski definition) is 0. The van der Waals surface area contributed by atoms with Crippen molar-refractivity contribution in [2.24, 2.45) is 0 Å². The maximum atomic E-state index is 9.05. The molecule has 0 saturated heterocycles. The molecule has 0 amide bonds. The zero-order valence-corrected chi connectivity index (χ0v) is 4.75. The van der Waals surface area contributed by atoms with E-state index in [0.717, 1.165) is 0 Å². The van der Waals surface area contributed by atoms with E-state index < -0.39 is 10.8 Å². The summed E-state index contributed by atoms with van der Waals surface area (Å²) < 4.78 is 27.2. The van der Waals surface area contributed by atoms with Gasteiger partial charge in [0.05, 0.1) is 0 Å². The van der Waals surface area contributed by atoms with Gasteiger partial charge in [0.2, 0.25) is 0 Å². The molecule has 0 spiro atoms. The quantitative estimate of drug-likeness (QED) is 0.513. The molecule has 0 aliphatic heterocycles. The van der Waals surface area contributed by atoms with Crippen LogP contribution in [0.4, 0.5) is 0 Å². The Kier molecular flexibility index (Phi) is 1.34. The van der Waals surface area contributed by atoms with Crippen LogP contribution in [0.5, 0.6) is 0 Å². The Morgan fingerprint density at radius 1 is 1.20 bits per heavy atom. The monoisotopic (exact) mass is 182 g/mol. The minimum atomic E-state index is -4.56. The Bertz CT molecular complexity index is 128. The topological polar surface area (TPSA) is 51.2 Å². The van der Waals surface area contributed by atoms with Crippen molar-refractivity contribution in [3.05, 3.63) is 0 Å². The Balaban J connectivity index is 4.87. The molecular formula is BrMnO3. The van der Waals surface area contributed by atoms with Gasteiger partial charge in [0.15, 0.2) is 0 Å². The fraction of sp³-hybridized carbons (Fsp3) is 0. The van der Waals surface area contributed by atoms with Crippen LogP contribution in [-0.2, 0) is 22.3 Å². The molecule has 0 aromatic heterocycles. The Morgan fingerprint density at radius 3 is 1.20 bits per heavy atom. The molecule has 0 atom stereocenters.